The van der Waals surface area contributed by atoms with E-state index in [1.165, 1.54) is 0 Å². The van der Waals surface area contributed by atoms with Gasteiger partial charge in [0.1, 0.15) is 0 Å². The molecule has 2 bridgehead atoms. The molecule has 3 atom stereocenters. The minimum absolute atomic E-state index is 0.0169. The van der Waals surface area contributed by atoms with Crippen LogP contribution in [0.1, 0.15) is 26.2 Å². The van der Waals surface area contributed by atoms with E-state index in [2.05, 4.69) is 10.4 Å². The Kier molecular flexibility index (Phi) is 3.82. The smallest absolute Gasteiger partial charge is 0.233 e. The highest BCUT2D eigenvalue weighted by Gasteiger charge is 2.53. The van der Waals surface area contributed by atoms with Crippen molar-refractivity contribution in [1.29, 1.82) is 0 Å². The maximum absolute atomic E-state index is 12.7. The van der Waals surface area contributed by atoms with Gasteiger partial charge in [0.05, 0.1) is 46.4 Å². The maximum atomic E-state index is 12.7. The average molecular weight is 366 g/mol. The first-order valence-corrected chi connectivity index (χ1v) is 8.68. The zero-order valence-corrected chi connectivity index (χ0v) is 14.6. The van der Waals surface area contributed by atoms with Gasteiger partial charge in [0, 0.05) is 5.02 Å². The second-order valence-electron chi connectivity index (χ2n) is 6.67. The van der Waals surface area contributed by atoms with Gasteiger partial charge >= 0.3 is 0 Å². The predicted molar refractivity (Wildman–Crippen MR) is 92.8 cm³/mol. The molecular weight excluding hydrogens is 349 g/mol. The van der Waals surface area contributed by atoms with Crippen molar-refractivity contribution in [1.82, 2.24) is 9.78 Å². The Hall–Kier alpha value is -1.56. The molecule has 2 saturated heterocycles. The van der Waals surface area contributed by atoms with Crippen molar-refractivity contribution in [3.63, 3.8) is 0 Å². The van der Waals surface area contributed by atoms with Gasteiger partial charge in [-0.2, -0.15) is 5.10 Å². The van der Waals surface area contributed by atoms with Crippen LogP contribution in [0, 0.1) is 5.41 Å². The van der Waals surface area contributed by atoms with Gasteiger partial charge in [0.25, 0.3) is 0 Å². The molecule has 2 fully saturated rings. The topological polar surface area (TPSA) is 56.2 Å². The molecular formula is C17H17Cl2N3O2. The molecule has 2 aliphatic rings. The summed E-state index contributed by atoms with van der Waals surface area (Å²) in [5, 5.41) is 8.29. The molecule has 3 unspecified atom stereocenters. The normalized spacial score (nSPS) is 28.3. The Labute approximate surface area is 149 Å². The van der Waals surface area contributed by atoms with Gasteiger partial charge in [-0.05, 0) is 44.4 Å². The number of ether oxygens (including phenoxy) is 1. The molecule has 0 radical (unpaired) electrons. The van der Waals surface area contributed by atoms with Crippen molar-refractivity contribution in [3.8, 4) is 5.69 Å². The van der Waals surface area contributed by atoms with Crippen LogP contribution < -0.4 is 5.32 Å². The highest BCUT2D eigenvalue weighted by molar-refractivity contribution is 6.35. The summed E-state index contributed by atoms with van der Waals surface area (Å²) in [6.45, 7) is 1.98. The zero-order chi connectivity index (χ0) is 16.9. The summed E-state index contributed by atoms with van der Waals surface area (Å²) in [6, 6.07) is 5.19. The van der Waals surface area contributed by atoms with Crippen LogP contribution in [0.15, 0.2) is 30.6 Å². The van der Waals surface area contributed by atoms with E-state index in [0.29, 0.717) is 21.4 Å². The molecule has 0 spiro atoms. The van der Waals surface area contributed by atoms with Gasteiger partial charge in [-0.15, -0.1) is 0 Å². The number of amides is 1. The number of nitrogens with zero attached hydrogens (tertiary/aromatic N) is 2. The Morgan fingerprint density at radius 2 is 2.25 bits per heavy atom. The molecule has 4 rings (SSSR count). The van der Waals surface area contributed by atoms with Crippen molar-refractivity contribution < 1.29 is 9.53 Å². The first-order chi connectivity index (χ1) is 11.5. The lowest BCUT2D eigenvalue weighted by Crippen LogP contribution is -2.41. The number of halogens is 2. The van der Waals surface area contributed by atoms with E-state index in [1.54, 1.807) is 35.3 Å². The van der Waals surface area contributed by atoms with E-state index in [0.717, 1.165) is 19.3 Å². The zero-order valence-electron chi connectivity index (χ0n) is 13.1. The lowest BCUT2D eigenvalue weighted by atomic mass is 9.75. The van der Waals surface area contributed by atoms with Crippen molar-refractivity contribution in [2.24, 2.45) is 5.41 Å². The van der Waals surface area contributed by atoms with Crippen LogP contribution in [0.2, 0.25) is 10.0 Å². The van der Waals surface area contributed by atoms with Gasteiger partial charge in [0.15, 0.2) is 0 Å². The Morgan fingerprint density at radius 3 is 2.92 bits per heavy atom. The molecule has 1 aromatic carbocycles. The highest BCUT2D eigenvalue weighted by Crippen LogP contribution is 2.48. The van der Waals surface area contributed by atoms with E-state index >= 15 is 0 Å². The molecule has 2 aromatic rings. The molecule has 0 saturated carbocycles. The minimum atomic E-state index is -0.469. The third-order valence-electron chi connectivity index (χ3n) is 4.99. The summed E-state index contributed by atoms with van der Waals surface area (Å²) in [5.74, 6) is -0.0172. The average Bonchev–Trinajstić information content (AvgIpc) is 3.23. The predicted octanol–water partition coefficient (Wildman–Crippen LogP) is 4.08. The molecule has 5 nitrogen and oxygen atoms in total. The molecule has 126 valence electrons. The van der Waals surface area contributed by atoms with Gasteiger partial charge < -0.3 is 10.1 Å². The van der Waals surface area contributed by atoms with Crippen LogP contribution in [0.25, 0.3) is 5.69 Å². The summed E-state index contributed by atoms with van der Waals surface area (Å²) in [4.78, 5) is 12.7. The fraction of sp³-hybridized carbons (Fsp3) is 0.412. The molecule has 24 heavy (non-hydrogen) atoms. The Bertz CT molecular complexity index is 807. The van der Waals surface area contributed by atoms with Crippen molar-refractivity contribution in [2.45, 2.75) is 38.4 Å². The number of hydrogen-bond acceptors (Lipinski definition) is 3. The van der Waals surface area contributed by atoms with E-state index in [9.17, 15) is 4.79 Å². The fourth-order valence-corrected chi connectivity index (χ4v) is 4.12. The number of benzene rings is 1. The number of fused-ring (bicyclic) bond motifs is 2. The highest BCUT2D eigenvalue weighted by atomic mass is 35.5. The summed E-state index contributed by atoms with van der Waals surface area (Å²) >= 11 is 12.1. The van der Waals surface area contributed by atoms with Gasteiger partial charge in [-0.1, -0.05) is 23.2 Å². The molecule has 1 aromatic heterocycles. The Morgan fingerprint density at radius 1 is 1.42 bits per heavy atom. The molecule has 1 amide bonds. The summed E-state index contributed by atoms with van der Waals surface area (Å²) in [7, 11) is 0. The second-order valence-corrected chi connectivity index (χ2v) is 7.51. The van der Waals surface area contributed by atoms with Gasteiger partial charge in [0.2, 0.25) is 5.91 Å². The Balaban J connectivity index is 1.52. The number of anilines is 1. The number of aromatic nitrogens is 2. The quantitative estimate of drug-likeness (QED) is 0.891. The van der Waals surface area contributed by atoms with Gasteiger partial charge in [-0.3, -0.25) is 4.79 Å². The van der Waals surface area contributed by atoms with Crippen molar-refractivity contribution in [3.05, 3.63) is 40.6 Å². The van der Waals surface area contributed by atoms with Crippen LogP contribution in [0.3, 0.4) is 0 Å². The third kappa shape index (κ3) is 2.61. The van der Waals surface area contributed by atoms with Crippen LogP contribution in [-0.4, -0.2) is 27.9 Å². The first kappa shape index (κ1) is 15.9. The van der Waals surface area contributed by atoms with Gasteiger partial charge in [-0.25, -0.2) is 4.68 Å². The van der Waals surface area contributed by atoms with Crippen LogP contribution in [-0.2, 0) is 9.53 Å². The summed E-state index contributed by atoms with van der Waals surface area (Å²) < 4.78 is 7.46. The number of carbonyl (C=O) groups excluding carboxylic acids is 1. The SMILES string of the molecule is CC1(C(=O)Nc2cnn(-c3ccc(Cl)cc3Cl)c2)CC2CCC1O2. The summed E-state index contributed by atoms with van der Waals surface area (Å²) in [5.41, 5.74) is 0.870. The molecule has 7 heteroatoms. The molecule has 1 N–H and O–H groups in total. The van der Waals surface area contributed by atoms with Crippen molar-refractivity contribution in [2.75, 3.05) is 5.32 Å². The van der Waals surface area contributed by atoms with E-state index in [4.69, 9.17) is 27.9 Å². The van der Waals surface area contributed by atoms with E-state index in [-0.39, 0.29) is 18.1 Å². The summed E-state index contributed by atoms with van der Waals surface area (Å²) in [6.07, 6.45) is 6.38. The monoisotopic (exact) mass is 365 g/mol. The minimum Gasteiger partial charge on any atom is -0.374 e. The standard InChI is InChI=1S/C17H17Cl2N3O2/c1-17(7-12-3-5-15(17)24-12)16(23)21-11-8-20-22(9-11)14-4-2-10(18)6-13(14)19/h2,4,6,8-9,12,15H,3,5,7H2,1H3,(H,21,23). The lowest BCUT2D eigenvalue weighted by molar-refractivity contribution is -0.127. The number of nitrogens with one attached hydrogen (secondary N) is 1. The number of carbonyl (C=O) groups is 1. The van der Waals surface area contributed by atoms with Crippen LogP contribution >= 0.6 is 23.2 Å². The van der Waals surface area contributed by atoms with E-state index < -0.39 is 5.41 Å². The number of hydrogen-bond donors (Lipinski definition) is 1. The van der Waals surface area contributed by atoms with E-state index in [1.807, 2.05) is 6.92 Å². The number of rotatable bonds is 3. The molecule has 0 aliphatic carbocycles. The second kappa shape index (κ2) is 5.76. The lowest BCUT2D eigenvalue weighted by Gasteiger charge is -2.29. The molecule has 2 aliphatic heterocycles. The first-order valence-electron chi connectivity index (χ1n) is 7.93. The van der Waals surface area contributed by atoms with Crippen LogP contribution in [0.4, 0.5) is 5.69 Å². The third-order valence-corrected chi connectivity index (χ3v) is 5.52. The molecule has 3 heterocycles. The fourth-order valence-electron chi connectivity index (χ4n) is 3.63. The van der Waals surface area contributed by atoms with Crippen molar-refractivity contribution >= 4 is 34.8 Å². The maximum Gasteiger partial charge on any atom is 0.233 e. The largest absolute Gasteiger partial charge is 0.374 e. The van der Waals surface area contributed by atoms with Crippen LogP contribution in [0.5, 0.6) is 0 Å².